The molecule has 0 N–H and O–H groups in total. The zero-order valence-electron chi connectivity index (χ0n) is 10.6. The molecule has 0 aliphatic heterocycles. The monoisotopic (exact) mass is 282 g/mol. The Labute approximate surface area is 116 Å². The van der Waals surface area contributed by atoms with Gasteiger partial charge in [-0.15, -0.1) is 11.8 Å². The van der Waals surface area contributed by atoms with Crippen LogP contribution in [0.3, 0.4) is 0 Å². The van der Waals surface area contributed by atoms with E-state index in [-0.39, 0.29) is 5.41 Å². The van der Waals surface area contributed by atoms with E-state index >= 15 is 0 Å². The predicted molar refractivity (Wildman–Crippen MR) is 74.0 cm³/mol. The summed E-state index contributed by atoms with van der Waals surface area (Å²) in [5.41, 5.74) is -0.111. The van der Waals surface area contributed by atoms with Crippen molar-refractivity contribution in [3.63, 3.8) is 0 Å². The number of hydrogen-bond donors (Lipinski definition) is 0. The molecule has 0 atom stereocenters. The number of nitrogens with zero attached hydrogens (tertiary/aromatic N) is 2. The summed E-state index contributed by atoms with van der Waals surface area (Å²) in [7, 11) is 0. The molecule has 0 saturated carbocycles. The first-order valence-corrected chi connectivity index (χ1v) is 7.03. The van der Waals surface area contributed by atoms with Crippen LogP contribution in [0.4, 0.5) is 0 Å². The van der Waals surface area contributed by atoms with E-state index in [1.165, 1.54) is 0 Å². The molecule has 2 rings (SSSR count). The Morgan fingerprint density at radius 2 is 2.00 bits per heavy atom. The Kier molecular flexibility index (Phi) is 3.97. The molecule has 2 aromatic rings. The Balaban J connectivity index is 2.03. The lowest BCUT2D eigenvalue weighted by Crippen LogP contribution is -2.11. The summed E-state index contributed by atoms with van der Waals surface area (Å²) < 4.78 is 5.24. The van der Waals surface area contributed by atoms with Gasteiger partial charge in [-0.3, -0.25) is 0 Å². The zero-order chi connectivity index (χ0) is 13.2. The van der Waals surface area contributed by atoms with E-state index in [1.807, 2.05) is 45.0 Å². The maximum absolute atomic E-state index is 6.08. The van der Waals surface area contributed by atoms with Gasteiger partial charge in [-0.25, -0.2) is 0 Å². The van der Waals surface area contributed by atoms with Crippen LogP contribution in [0, 0.1) is 0 Å². The highest BCUT2D eigenvalue weighted by atomic mass is 35.5. The number of hydrogen-bond acceptors (Lipinski definition) is 4. The zero-order valence-corrected chi connectivity index (χ0v) is 12.2. The number of rotatable bonds is 3. The van der Waals surface area contributed by atoms with Crippen LogP contribution in [0.15, 0.2) is 33.7 Å². The van der Waals surface area contributed by atoms with Crippen LogP contribution in [0.2, 0.25) is 5.02 Å². The van der Waals surface area contributed by atoms with Crippen LogP contribution in [0.25, 0.3) is 0 Å². The molecule has 0 aliphatic carbocycles. The normalized spacial score (nSPS) is 11.8. The molecule has 0 unspecified atom stereocenters. The second kappa shape index (κ2) is 5.33. The molecular weight excluding hydrogens is 268 g/mol. The molecule has 3 nitrogen and oxygen atoms in total. The van der Waals surface area contributed by atoms with Gasteiger partial charge in [0.15, 0.2) is 5.82 Å². The van der Waals surface area contributed by atoms with Gasteiger partial charge in [0.25, 0.3) is 0 Å². The van der Waals surface area contributed by atoms with Crippen LogP contribution >= 0.6 is 23.4 Å². The average molecular weight is 283 g/mol. The lowest BCUT2D eigenvalue weighted by molar-refractivity contribution is 0.319. The maximum atomic E-state index is 6.08. The summed E-state index contributed by atoms with van der Waals surface area (Å²) in [6.07, 6.45) is 0. The van der Waals surface area contributed by atoms with Gasteiger partial charge >= 0.3 is 0 Å². The smallest absolute Gasteiger partial charge is 0.232 e. The molecule has 1 heterocycles. The van der Waals surface area contributed by atoms with E-state index in [9.17, 15) is 0 Å². The van der Waals surface area contributed by atoms with Crippen molar-refractivity contribution in [3.05, 3.63) is 41.0 Å². The molecule has 0 aliphatic rings. The van der Waals surface area contributed by atoms with Gasteiger partial charge in [0.2, 0.25) is 5.89 Å². The molecule has 0 fully saturated rings. The fraction of sp³-hybridized carbons (Fsp3) is 0.385. The van der Waals surface area contributed by atoms with E-state index in [0.29, 0.717) is 17.5 Å². The molecule has 0 bridgehead atoms. The quantitative estimate of drug-likeness (QED) is 0.786. The Hall–Kier alpha value is -1.00. The SMILES string of the molecule is CC(C)(C)c1nc(CSc2ccccc2Cl)no1. The van der Waals surface area contributed by atoms with Crippen LogP contribution in [0.5, 0.6) is 0 Å². The van der Waals surface area contributed by atoms with E-state index in [2.05, 4.69) is 10.1 Å². The summed E-state index contributed by atoms with van der Waals surface area (Å²) in [5, 5.41) is 4.73. The minimum Gasteiger partial charge on any atom is -0.339 e. The van der Waals surface area contributed by atoms with Gasteiger partial charge in [0.05, 0.1) is 10.8 Å². The molecule has 5 heteroatoms. The summed E-state index contributed by atoms with van der Waals surface area (Å²) in [4.78, 5) is 5.41. The third-order valence-corrected chi connectivity index (χ3v) is 3.81. The summed E-state index contributed by atoms with van der Waals surface area (Å²) >= 11 is 7.69. The maximum Gasteiger partial charge on any atom is 0.232 e. The van der Waals surface area contributed by atoms with Gasteiger partial charge in [-0.2, -0.15) is 4.98 Å². The minimum absolute atomic E-state index is 0.111. The molecular formula is C13H15ClN2OS. The fourth-order valence-corrected chi connectivity index (χ4v) is 2.40. The lowest BCUT2D eigenvalue weighted by Gasteiger charge is -2.10. The van der Waals surface area contributed by atoms with Crippen molar-refractivity contribution in [1.82, 2.24) is 10.1 Å². The number of halogens is 1. The third kappa shape index (κ3) is 3.27. The topological polar surface area (TPSA) is 38.9 Å². The van der Waals surface area contributed by atoms with E-state index < -0.39 is 0 Å². The highest BCUT2D eigenvalue weighted by Crippen LogP contribution is 2.29. The average Bonchev–Trinajstić information content (AvgIpc) is 2.76. The van der Waals surface area contributed by atoms with Crippen molar-refractivity contribution < 1.29 is 4.52 Å². The second-order valence-electron chi connectivity index (χ2n) is 4.98. The van der Waals surface area contributed by atoms with E-state index in [1.54, 1.807) is 11.8 Å². The van der Waals surface area contributed by atoms with Crippen LogP contribution in [0.1, 0.15) is 32.5 Å². The summed E-state index contributed by atoms with van der Waals surface area (Å²) in [5.74, 6) is 2.02. The second-order valence-corrected chi connectivity index (χ2v) is 6.41. The van der Waals surface area contributed by atoms with E-state index in [4.69, 9.17) is 16.1 Å². The highest BCUT2D eigenvalue weighted by Gasteiger charge is 2.21. The molecule has 0 saturated heterocycles. The first-order valence-electron chi connectivity index (χ1n) is 5.67. The first kappa shape index (κ1) is 13.4. The highest BCUT2D eigenvalue weighted by molar-refractivity contribution is 7.98. The van der Waals surface area contributed by atoms with Gasteiger partial charge in [-0.05, 0) is 12.1 Å². The van der Waals surface area contributed by atoms with Crippen molar-refractivity contribution >= 4 is 23.4 Å². The summed E-state index contributed by atoms with van der Waals surface area (Å²) in [6, 6.07) is 7.74. The van der Waals surface area contributed by atoms with Crippen LogP contribution < -0.4 is 0 Å². The minimum atomic E-state index is -0.111. The van der Waals surface area contributed by atoms with Crippen LogP contribution in [-0.4, -0.2) is 10.1 Å². The van der Waals surface area contributed by atoms with Crippen LogP contribution in [-0.2, 0) is 11.2 Å². The fourth-order valence-electron chi connectivity index (χ4n) is 1.32. The lowest BCUT2D eigenvalue weighted by atomic mass is 9.97. The molecule has 0 spiro atoms. The Morgan fingerprint density at radius 1 is 1.28 bits per heavy atom. The Morgan fingerprint density at radius 3 is 2.61 bits per heavy atom. The van der Waals surface area contributed by atoms with Crippen molar-refractivity contribution in [2.45, 2.75) is 36.8 Å². The Bertz CT molecular complexity index is 534. The molecule has 0 radical (unpaired) electrons. The number of thioether (sulfide) groups is 1. The van der Waals surface area contributed by atoms with Gasteiger partial charge in [0.1, 0.15) is 0 Å². The van der Waals surface area contributed by atoms with Crippen molar-refractivity contribution in [1.29, 1.82) is 0 Å². The number of benzene rings is 1. The van der Waals surface area contributed by atoms with Crippen molar-refractivity contribution in [2.24, 2.45) is 0 Å². The van der Waals surface area contributed by atoms with E-state index in [0.717, 1.165) is 9.92 Å². The first-order chi connectivity index (χ1) is 8.47. The summed E-state index contributed by atoms with van der Waals surface area (Å²) in [6.45, 7) is 6.14. The standard InChI is InChI=1S/C13H15ClN2OS/c1-13(2,3)12-15-11(16-17-12)8-18-10-7-5-4-6-9(10)14/h4-7H,8H2,1-3H3. The van der Waals surface area contributed by atoms with Gasteiger partial charge in [-0.1, -0.05) is 49.7 Å². The van der Waals surface area contributed by atoms with Gasteiger partial charge in [0, 0.05) is 10.3 Å². The molecule has 1 aromatic heterocycles. The van der Waals surface area contributed by atoms with Gasteiger partial charge < -0.3 is 4.52 Å². The van der Waals surface area contributed by atoms with Crippen molar-refractivity contribution in [2.75, 3.05) is 0 Å². The molecule has 18 heavy (non-hydrogen) atoms. The molecule has 1 aromatic carbocycles. The number of aromatic nitrogens is 2. The van der Waals surface area contributed by atoms with Crippen molar-refractivity contribution in [3.8, 4) is 0 Å². The predicted octanol–water partition coefficient (Wildman–Crippen LogP) is 4.31. The molecule has 96 valence electrons. The molecule has 0 amide bonds. The largest absolute Gasteiger partial charge is 0.339 e. The third-order valence-electron chi connectivity index (χ3n) is 2.30.